The van der Waals surface area contributed by atoms with Crippen molar-refractivity contribution in [2.75, 3.05) is 18.5 Å². The summed E-state index contributed by atoms with van der Waals surface area (Å²) in [5.41, 5.74) is 0.643. The molecular weight excluding hydrogens is 270 g/mol. The van der Waals surface area contributed by atoms with Crippen LogP contribution in [0.2, 0.25) is 0 Å². The van der Waals surface area contributed by atoms with Gasteiger partial charge in [-0.3, -0.25) is 5.32 Å². The predicted molar refractivity (Wildman–Crippen MR) is 81.1 cm³/mol. The van der Waals surface area contributed by atoms with Gasteiger partial charge in [-0.1, -0.05) is 0 Å². The number of nitrogens with one attached hydrogen (secondary N) is 1. The van der Waals surface area contributed by atoms with Crippen LogP contribution in [0.4, 0.5) is 10.5 Å². The van der Waals surface area contributed by atoms with Gasteiger partial charge in [0.05, 0.1) is 13.2 Å². The van der Waals surface area contributed by atoms with E-state index in [9.17, 15) is 4.79 Å². The van der Waals surface area contributed by atoms with E-state index in [-0.39, 0.29) is 6.10 Å². The summed E-state index contributed by atoms with van der Waals surface area (Å²) in [6.45, 7) is 4.93. The van der Waals surface area contributed by atoms with Crippen molar-refractivity contribution in [2.24, 2.45) is 0 Å². The van der Waals surface area contributed by atoms with Gasteiger partial charge in [-0.05, 0) is 51.7 Å². The number of benzene rings is 1. The third-order valence-electron chi connectivity index (χ3n) is 3.37. The molecule has 1 saturated carbocycles. The van der Waals surface area contributed by atoms with Gasteiger partial charge in [0.25, 0.3) is 0 Å². The molecule has 0 aliphatic heterocycles. The van der Waals surface area contributed by atoms with Crippen LogP contribution in [0, 0.1) is 0 Å². The maximum Gasteiger partial charge on any atom is 0.411 e. The summed E-state index contributed by atoms with van der Waals surface area (Å²) in [5.74, 6) is 1.30. The maximum atomic E-state index is 11.8. The Morgan fingerprint density at radius 3 is 2.48 bits per heavy atom. The summed E-state index contributed by atoms with van der Waals surface area (Å²) in [7, 11) is 0. The van der Waals surface area contributed by atoms with Crippen LogP contribution in [0.1, 0.15) is 39.5 Å². The normalized spacial score (nSPS) is 14.8. The molecule has 1 aliphatic carbocycles. The average molecular weight is 293 g/mol. The fourth-order valence-corrected chi connectivity index (χ4v) is 2.43. The molecule has 5 heteroatoms. The molecule has 116 valence electrons. The minimum Gasteiger partial charge on any atom is -0.490 e. The van der Waals surface area contributed by atoms with Gasteiger partial charge < -0.3 is 14.2 Å². The topological polar surface area (TPSA) is 56.8 Å². The minimum absolute atomic E-state index is 0.0547. The monoisotopic (exact) mass is 293 g/mol. The Labute approximate surface area is 125 Å². The van der Waals surface area contributed by atoms with Gasteiger partial charge in [-0.2, -0.15) is 0 Å². The number of hydrogen-bond acceptors (Lipinski definition) is 4. The van der Waals surface area contributed by atoms with E-state index in [4.69, 9.17) is 14.2 Å². The smallest absolute Gasteiger partial charge is 0.411 e. The van der Waals surface area contributed by atoms with E-state index in [1.165, 1.54) is 0 Å². The maximum absolute atomic E-state index is 11.8. The van der Waals surface area contributed by atoms with E-state index in [2.05, 4.69) is 5.32 Å². The van der Waals surface area contributed by atoms with Gasteiger partial charge in [0.2, 0.25) is 0 Å². The fourth-order valence-electron chi connectivity index (χ4n) is 2.43. The lowest BCUT2D eigenvalue weighted by atomic mass is 10.2. The molecule has 5 nitrogen and oxygen atoms in total. The lowest BCUT2D eigenvalue weighted by molar-refractivity contribution is 0.114. The van der Waals surface area contributed by atoms with E-state index in [1.807, 2.05) is 13.8 Å². The molecule has 0 radical (unpaired) electrons. The molecule has 0 aromatic heterocycles. The number of amides is 1. The molecule has 1 amide bonds. The molecule has 1 fully saturated rings. The van der Waals surface area contributed by atoms with Crippen molar-refractivity contribution < 1.29 is 19.0 Å². The zero-order chi connectivity index (χ0) is 15.1. The highest BCUT2D eigenvalue weighted by atomic mass is 16.6. The van der Waals surface area contributed by atoms with Crippen LogP contribution >= 0.6 is 0 Å². The number of anilines is 1. The van der Waals surface area contributed by atoms with E-state index in [0.29, 0.717) is 30.4 Å². The highest BCUT2D eigenvalue weighted by molar-refractivity contribution is 5.85. The van der Waals surface area contributed by atoms with Gasteiger partial charge >= 0.3 is 6.09 Å². The van der Waals surface area contributed by atoms with Crippen LogP contribution in [0.3, 0.4) is 0 Å². The van der Waals surface area contributed by atoms with Gasteiger partial charge in [0.1, 0.15) is 6.10 Å². The van der Waals surface area contributed by atoms with E-state index in [1.54, 1.807) is 18.2 Å². The van der Waals surface area contributed by atoms with Crippen LogP contribution in [0.25, 0.3) is 0 Å². The number of carbonyl (C=O) groups is 1. The molecule has 2 rings (SSSR count). The van der Waals surface area contributed by atoms with Gasteiger partial charge in [0, 0.05) is 11.8 Å². The summed E-state index contributed by atoms with van der Waals surface area (Å²) in [6.07, 6.45) is 3.83. The van der Waals surface area contributed by atoms with Crippen molar-refractivity contribution in [3.05, 3.63) is 18.2 Å². The molecule has 0 atom stereocenters. The number of ether oxygens (including phenoxy) is 3. The third kappa shape index (κ3) is 4.55. The van der Waals surface area contributed by atoms with Crippen molar-refractivity contribution >= 4 is 11.8 Å². The Morgan fingerprint density at radius 2 is 1.81 bits per heavy atom. The summed E-state index contributed by atoms with van der Waals surface area (Å²) in [6, 6.07) is 5.33. The van der Waals surface area contributed by atoms with Crippen LogP contribution < -0.4 is 14.8 Å². The van der Waals surface area contributed by atoms with Crippen LogP contribution in [0.5, 0.6) is 11.5 Å². The molecule has 0 unspecified atom stereocenters. The highest BCUT2D eigenvalue weighted by Gasteiger charge is 2.19. The molecule has 1 aromatic carbocycles. The molecule has 1 aromatic rings. The fraction of sp³-hybridized carbons (Fsp3) is 0.562. The number of rotatable bonds is 6. The lowest BCUT2D eigenvalue weighted by Crippen LogP contribution is -2.20. The molecule has 0 heterocycles. The summed E-state index contributed by atoms with van der Waals surface area (Å²) >= 11 is 0. The summed E-state index contributed by atoms with van der Waals surface area (Å²) in [5, 5.41) is 2.74. The number of hydrogen-bond donors (Lipinski definition) is 1. The van der Waals surface area contributed by atoms with Crippen molar-refractivity contribution in [3.8, 4) is 11.5 Å². The SMILES string of the molecule is CCOc1ccc(NC(=O)OC2CCCC2)cc1OCC. The second-order valence-corrected chi connectivity index (χ2v) is 4.96. The first-order valence-corrected chi connectivity index (χ1v) is 7.60. The standard InChI is InChI=1S/C16H23NO4/c1-3-19-14-10-9-12(11-15(14)20-4-2)17-16(18)21-13-7-5-6-8-13/h9-11,13H,3-8H2,1-2H3,(H,17,18). The Bertz CT molecular complexity index is 469. The number of carbonyl (C=O) groups excluding carboxylic acids is 1. The van der Waals surface area contributed by atoms with Crippen molar-refractivity contribution in [2.45, 2.75) is 45.6 Å². The first-order chi connectivity index (χ1) is 10.2. The van der Waals surface area contributed by atoms with Gasteiger partial charge in [0.15, 0.2) is 11.5 Å². The first kappa shape index (κ1) is 15.5. The van der Waals surface area contributed by atoms with Crippen molar-refractivity contribution in [3.63, 3.8) is 0 Å². The van der Waals surface area contributed by atoms with E-state index >= 15 is 0 Å². The van der Waals surface area contributed by atoms with Crippen LogP contribution in [-0.4, -0.2) is 25.4 Å². The van der Waals surface area contributed by atoms with Crippen LogP contribution in [0.15, 0.2) is 18.2 Å². The molecule has 1 N–H and O–H groups in total. The Morgan fingerprint density at radius 1 is 1.14 bits per heavy atom. The van der Waals surface area contributed by atoms with E-state index in [0.717, 1.165) is 25.7 Å². The quantitative estimate of drug-likeness (QED) is 0.862. The van der Waals surface area contributed by atoms with Crippen molar-refractivity contribution in [1.82, 2.24) is 0 Å². The van der Waals surface area contributed by atoms with Gasteiger partial charge in [-0.25, -0.2) is 4.79 Å². The Balaban J connectivity index is 1.98. The predicted octanol–water partition coefficient (Wildman–Crippen LogP) is 3.98. The molecule has 0 bridgehead atoms. The second-order valence-electron chi connectivity index (χ2n) is 4.96. The lowest BCUT2D eigenvalue weighted by Gasteiger charge is -2.14. The Kier molecular flexibility index (Phi) is 5.72. The Hall–Kier alpha value is -1.91. The summed E-state index contributed by atoms with van der Waals surface area (Å²) in [4.78, 5) is 11.8. The molecule has 1 aliphatic rings. The van der Waals surface area contributed by atoms with Crippen molar-refractivity contribution in [1.29, 1.82) is 0 Å². The zero-order valence-corrected chi connectivity index (χ0v) is 12.7. The van der Waals surface area contributed by atoms with E-state index < -0.39 is 6.09 Å². The average Bonchev–Trinajstić information content (AvgIpc) is 2.95. The largest absolute Gasteiger partial charge is 0.490 e. The summed E-state index contributed by atoms with van der Waals surface area (Å²) < 4.78 is 16.4. The zero-order valence-electron chi connectivity index (χ0n) is 12.7. The third-order valence-corrected chi connectivity index (χ3v) is 3.37. The first-order valence-electron chi connectivity index (χ1n) is 7.60. The highest BCUT2D eigenvalue weighted by Crippen LogP contribution is 2.31. The second kappa shape index (κ2) is 7.76. The van der Waals surface area contributed by atoms with Crippen LogP contribution in [-0.2, 0) is 4.74 Å². The molecule has 21 heavy (non-hydrogen) atoms. The molecule has 0 saturated heterocycles. The van der Waals surface area contributed by atoms with Gasteiger partial charge in [-0.15, -0.1) is 0 Å². The molecule has 0 spiro atoms. The minimum atomic E-state index is -0.409. The molecular formula is C16H23NO4.